The van der Waals surface area contributed by atoms with Crippen LogP contribution in [0.5, 0.6) is 5.75 Å². The average Bonchev–Trinajstić information content (AvgIpc) is 2.41. The van der Waals surface area contributed by atoms with E-state index in [-0.39, 0.29) is 12.4 Å². The van der Waals surface area contributed by atoms with E-state index in [2.05, 4.69) is 15.9 Å². The standard InChI is InChI=1S/C15H14BrFO2/c1-10-3-2-4-12(8-18)15(10)19-9-11-5-6-14(17)13(16)7-11/h2-7,18H,8-9H2,1H3. The Morgan fingerprint density at radius 2 is 2.05 bits per heavy atom. The highest BCUT2D eigenvalue weighted by atomic mass is 79.9. The zero-order valence-electron chi connectivity index (χ0n) is 10.5. The molecule has 2 nitrogen and oxygen atoms in total. The van der Waals surface area contributed by atoms with Gasteiger partial charge in [0, 0.05) is 5.56 Å². The van der Waals surface area contributed by atoms with Crippen LogP contribution >= 0.6 is 15.9 Å². The first-order valence-electron chi connectivity index (χ1n) is 5.88. The topological polar surface area (TPSA) is 29.5 Å². The molecule has 1 N–H and O–H groups in total. The van der Waals surface area contributed by atoms with Crippen molar-refractivity contribution >= 4 is 15.9 Å². The predicted octanol–water partition coefficient (Wildman–Crippen LogP) is 3.97. The van der Waals surface area contributed by atoms with Gasteiger partial charge in [0.2, 0.25) is 0 Å². The van der Waals surface area contributed by atoms with Gasteiger partial charge in [-0.3, -0.25) is 0 Å². The van der Waals surface area contributed by atoms with Crippen molar-refractivity contribution in [2.24, 2.45) is 0 Å². The van der Waals surface area contributed by atoms with Crippen molar-refractivity contribution in [3.8, 4) is 5.75 Å². The number of aryl methyl sites for hydroxylation is 1. The van der Waals surface area contributed by atoms with E-state index in [9.17, 15) is 9.50 Å². The average molecular weight is 325 g/mol. The summed E-state index contributed by atoms with van der Waals surface area (Å²) in [6, 6.07) is 10.4. The molecule has 0 unspecified atom stereocenters. The summed E-state index contributed by atoms with van der Waals surface area (Å²) in [7, 11) is 0. The molecule has 2 rings (SSSR count). The summed E-state index contributed by atoms with van der Waals surface area (Å²) in [5.41, 5.74) is 2.58. The maximum atomic E-state index is 13.1. The first kappa shape index (κ1) is 14.0. The van der Waals surface area contributed by atoms with Crippen molar-refractivity contribution in [3.05, 3.63) is 63.4 Å². The summed E-state index contributed by atoms with van der Waals surface area (Å²) in [5, 5.41) is 9.28. The van der Waals surface area contributed by atoms with Crippen LogP contribution in [0.15, 0.2) is 40.9 Å². The van der Waals surface area contributed by atoms with Gasteiger partial charge in [-0.05, 0) is 46.1 Å². The largest absolute Gasteiger partial charge is 0.488 e. The first-order valence-corrected chi connectivity index (χ1v) is 6.67. The van der Waals surface area contributed by atoms with Crippen LogP contribution in [0.4, 0.5) is 4.39 Å². The van der Waals surface area contributed by atoms with Crippen molar-refractivity contribution in [2.45, 2.75) is 20.1 Å². The number of para-hydroxylation sites is 1. The Labute approximate surface area is 120 Å². The highest BCUT2D eigenvalue weighted by Crippen LogP contribution is 2.25. The third kappa shape index (κ3) is 3.33. The van der Waals surface area contributed by atoms with Gasteiger partial charge >= 0.3 is 0 Å². The number of aliphatic hydroxyl groups is 1. The highest BCUT2D eigenvalue weighted by Gasteiger charge is 2.07. The third-order valence-corrected chi connectivity index (χ3v) is 3.44. The molecule has 0 saturated carbocycles. The molecule has 0 heterocycles. The number of rotatable bonds is 4. The van der Waals surface area contributed by atoms with Crippen molar-refractivity contribution in [3.63, 3.8) is 0 Å². The fourth-order valence-corrected chi connectivity index (χ4v) is 2.26. The van der Waals surface area contributed by atoms with Gasteiger partial charge in [0.15, 0.2) is 0 Å². The summed E-state index contributed by atoms with van der Waals surface area (Å²) < 4.78 is 19.3. The summed E-state index contributed by atoms with van der Waals surface area (Å²) in [4.78, 5) is 0. The molecule has 0 aliphatic rings. The lowest BCUT2D eigenvalue weighted by molar-refractivity contribution is 0.258. The molecule has 0 radical (unpaired) electrons. The normalized spacial score (nSPS) is 10.5. The Balaban J connectivity index is 2.16. The lowest BCUT2D eigenvalue weighted by Crippen LogP contribution is -2.01. The molecule has 0 aliphatic heterocycles. The fraction of sp³-hybridized carbons (Fsp3) is 0.200. The minimum absolute atomic E-state index is 0.0654. The second kappa shape index (κ2) is 6.17. The van der Waals surface area contributed by atoms with E-state index in [1.54, 1.807) is 12.1 Å². The Kier molecular flexibility index (Phi) is 4.56. The van der Waals surface area contributed by atoms with Crippen LogP contribution in [0.3, 0.4) is 0 Å². The molecular weight excluding hydrogens is 311 g/mol. The maximum absolute atomic E-state index is 13.1. The van der Waals surface area contributed by atoms with Crippen LogP contribution in [-0.4, -0.2) is 5.11 Å². The molecule has 2 aromatic carbocycles. The van der Waals surface area contributed by atoms with Crippen LogP contribution < -0.4 is 4.74 Å². The summed E-state index contributed by atoms with van der Waals surface area (Å²) in [6.45, 7) is 2.19. The van der Waals surface area contributed by atoms with Gasteiger partial charge in [0.05, 0.1) is 11.1 Å². The summed E-state index contributed by atoms with van der Waals surface area (Å²) in [5.74, 6) is 0.390. The van der Waals surface area contributed by atoms with E-state index >= 15 is 0 Å². The minimum Gasteiger partial charge on any atom is -0.488 e. The molecule has 19 heavy (non-hydrogen) atoms. The van der Waals surface area contributed by atoms with Crippen LogP contribution in [0.25, 0.3) is 0 Å². The van der Waals surface area contributed by atoms with Gasteiger partial charge in [0.25, 0.3) is 0 Å². The van der Waals surface area contributed by atoms with Crippen LogP contribution in [0, 0.1) is 12.7 Å². The monoisotopic (exact) mass is 324 g/mol. The number of hydrogen-bond donors (Lipinski definition) is 1. The van der Waals surface area contributed by atoms with E-state index in [0.29, 0.717) is 16.8 Å². The number of aliphatic hydroxyl groups excluding tert-OH is 1. The van der Waals surface area contributed by atoms with Crippen molar-refractivity contribution < 1.29 is 14.2 Å². The number of ether oxygens (including phenoxy) is 1. The molecular formula is C15H14BrFO2. The van der Waals surface area contributed by atoms with E-state index in [1.807, 2.05) is 25.1 Å². The van der Waals surface area contributed by atoms with E-state index < -0.39 is 0 Å². The summed E-state index contributed by atoms with van der Waals surface area (Å²) in [6.07, 6.45) is 0. The van der Waals surface area contributed by atoms with Gasteiger partial charge in [-0.25, -0.2) is 4.39 Å². The second-order valence-corrected chi connectivity index (χ2v) is 5.11. The molecule has 0 saturated heterocycles. The van der Waals surface area contributed by atoms with E-state index in [1.165, 1.54) is 6.07 Å². The van der Waals surface area contributed by atoms with Gasteiger partial charge in [-0.15, -0.1) is 0 Å². The molecule has 0 spiro atoms. The van der Waals surface area contributed by atoms with Crippen LogP contribution in [0.1, 0.15) is 16.7 Å². The van der Waals surface area contributed by atoms with Crippen molar-refractivity contribution in [2.75, 3.05) is 0 Å². The highest BCUT2D eigenvalue weighted by molar-refractivity contribution is 9.10. The predicted molar refractivity (Wildman–Crippen MR) is 75.5 cm³/mol. The van der Waals surface area contributed by atoms with Crippen LogP contribution in [-0.2, 0) is 13.2 Å². The first-order chi connectivity index (χ1) is 9.11. The van der Waals surface area contributed by atoms with Crippen molar-refractivity contribution in [1.82, 2.24) is 0 Å². The van der Waals surface area contributed by atoms with E-state index in [0.717, 1.165) is 16.7 Å². The van der Waals surface area contributed by atoms with Crippen LogP contribution in [0.2, 0.25) is 0 Å². The maximum Gasteiger partial charge on any atom is 0.137 e. The minimum atomic E-state index is -0.296. The quantitative estimate of drug-likeness (QED) is 0.922. The SMILES string of the molecule is Cc1cccc(CO)c1OCc1ccc(F)c(Br)c1. The Morgan fingerprint density at radius 1 is 1.26 bits per heavy atom. The molecule has 0 atom stereocenters. The Morgan fingerprint density at radius 3 is 2.74 bits per heavy atom. The molecule has 0 amide bonds. The second-order valence-electron chi connectivity index (χ2n) is 4.26. The molecule has 0 bridgehead atoms. The zero-order valence-corrected chi connectivity index (χ0v) is 12.1. The lowest BCUT2D eigenvalue weighted by Gasteiger charge is -2.13. The van der Waals surface area contributed by atoms with Gasteiger partial charge < -0.3 is 9.84 Å². The molecule has 2 aromatic rings. The van der Waals surface area contributed by atoms with Gasteiger partial charge in [-0.2, -0.15) is 0 Å². The van der Waals surface area contributed by atoms with Crippen molar-refractivity contribution in [1.29, 1.82) is 0 Å². The number of hydrogen-bond acceptors (Lipinski definition) is 2. The lowest BCUT2D eigenvalue weighted by atomic mass is 10.1. The zero-order chi connectivity index (χ0) is 13.8. The summed E-state index contributed by atoms with van der Waals surface area (Å²) >= 11 is 3.14. The Bertz CT molecular complexity index is 584. The molecule has 0 fully saturated rings. The fourth-order valence-electron chi connectivity index (χ4n) is 1.83. The molecule has 0 aromatic heterocycles. The smallest absolute Gasteiger partial charge is 0.137 e. The Hall–Kier alpha value is -1.39. The third-order valence-electron chi connectivity index (χ3n) is 2.83. The number of benzene rings is 2. The number of halogens is 2. The molecule has 0 aliphatic carbocycles. The molecule has 100 valence electrons. The molecule has 4 heteroatoms. The van der Waals surface area contributed by atoms with E-state index in [4.69, 9.17) is 4.74 Å². The van der Waals surface area contributed by atoms with Gasteiger partial charge in [-0.1, -0.05) is 24.3 Å². The van der Waals surface area contributed by atoms with Gasteiger partial charge in [0.1, 0.15) is 18.2 Å².